The molecule has 6 heteroatoms. The Hall–Kier alpha value is -1.30. The molecular formula is C16H31NO5. The second-order valence-electron chi connectivity index (χ2n) is 6.69. The van der Waals surface area contributed by atoms with Gasteiger partial charge in [0.05, 0.1) is 6.61 Å². The lowest BCUT2D eigenvalue weighted by Gasteiger charge is -2.30. The summed E-state index contributed by atoms with van der Waals surface area (Å²) in [4.78, 5) is 23.3. The van der Waals surface area contributed by atoms with Crippen LogP contribution in [0.15, 0.2) is 0 Å². The quantitative estimate of drug-likeness (QED) is 0.538. The molecule has 0 aliphatic heterocycles. The van der Waals surface area contributed by atoms with Crippen LogP contribution in [0.3, 0.4) is 0 Å². The first kappa shape index (κ1) is 20.7. The van der Waals surface area contributed by atoms with E-state index in [0.29, 0.717) is 6.42 Å². The average molecular weight is 317 g/mol. The van der Waals surface area contributed by atoms with Gasteiger partial charge in [-0.3, -0.25) is 0 Å². The van der Waals surface area contributed by atoms with E-state index in [1.54, 1.807) is 20.8 Å². The molecule has 0 aromatic carbocycles. The standard InChI is InChI=1S/C16H31NO5/c1-5-6-7-8-9-10-11-16(12-18,13(19)20)17-14(21)22-15(2,3)4/h18H,5-12H2,1-4H3,(H,17,21)(H,19,20)/t16-/m0/s1. The normalized spacial score (nSPS) is 14.2. The van der Waals surface area contributed by atoms with Crippen LogP contribution in [0.2, 0.25) is 0 Å². The van der Waals surface area contributed by atoms with Gasteiger partial charge in [-0.05, 0) is 27.2 Å². The number of aliphatic hydroxyl groups is 1. The van der Waals surface area contributed by atoms with Crippen molar-refractivity contribution >= 4 is 12.1 Å². The number of ether oxygens (including phenoxy) is 1. The Morgan fingerprint density at radius 2 is 1.59 bits per heavy atom. The molecule has 130 valence electrons. The van der Waals surface area contributed by atoms with E-state index < -0.39 is 29.8 Å². The monoisotopic (exact) mass is 317 g/mol. The number of hydrogen-bond acceptors (Lipinski definition) is 4. The first-order chi connectivity index (χ1) is 10.2. The van der Waals surface area contributed by atoms with Crippen LogP contribution >= 0.6 is 0 Å². The predicted molar refractivity (Wildman–Crippen MR) is 84.8 cm³/mol. The van der Waals surface area contributed by atoms with Crippen molar-refractivity contribution in [3.63, 3.8) is 0 Å². The lowest BCUT2D eigenvalue weighted by molar-refractivity contribution is -0.147. The minimum absolute atomic E-state index is 0.185. The van der Waals surface area contributed by atoms with Crippen LogP contribution < -0.4 is 5.32 Å². The number of hydrogen-bond donors (Lipinski definition) is 3. The van der Waals surface area contributed by atoms with Crippen LogP contribution in [0, 0.1) is 0 Å². The van der Waals surface area contributed by atoms with Gasteiger partial charge in [-0.1, -0.05) is 45.4 Å². The van der Waals surface area contributed by atoms with Crippen LogP contribution in [0.4, 0.5) is 4.79 Å². The first-order valence-electron chi connectivity index (χ1n) is 8.02. The zero-order valence-electron chi connectivity index (χ0n) is 14.3. The summed E-state index contributed by atoms with van der Waals surface area (Å²) in [7, 11) is 0. The Balaban J connectivity index is 4.53. The van der Waals surface area contributed by atoms with Gasteiger partial charge < -0.3 is 20.3 Å². The number of carbonyl (C=O) groups is 2. The molecule has 0 aliphatic carbocycles. The summed E-state index contributed by atoms with van der Waals surface area (Å²) >= 11 is 0. The molecule has 0 rings (SSSR count). The van der Waals surface area contributed by atoms with Crippen LogP contribution in [0.1, 0.15) is 72.6 Å². The molecule has 0 fully saturated rings. The Bertz CT molecular complexity index is 351. The van der Waals surface area contributed by atoms with Crippen molar-refractivity contribution < 1.29 is 24.5 Å². The van der Waals surface area contributed by atoms with E-state index in [2.05, 4.69) is 12.2 Å². The SMILES string of the molecule is CCCCCCCC[C@@](CO)(NC(=O)OC(C)(C)C)C(=O)O. The van der Waals surface area contributed by atoms with Crippen molar-refractivity contribution in [3.8, 4) is 0 Å². The number of alkyl carbamates (subject to hydrolysis) is 1. The molecular weight excluding hydrogens is 286 g/mol. The van der Waals surface area contributed by atoms with Gasteiger partial charge in [-0.2, -0.15) is 0 Å². The fourth-order valence-corrected chi connectivity index (χ4v) is 2.12. The van der Waals surface area contributed by atoms with E-state index in [-0.39, 0.29) is 6.42 Å². The molecule has 0 aromatic heterocycles. The highest BCUT2D eigenvalue weighted by Crippen LogP contribution is 2.18. The van der Waals surface area contributed by atoms with Crippen molar-refractivity contribution in [3.05, 3.63) is 0 Å². The number of carboxylic acids is 1. The highest BCUT2D eigenvalue weighted by molar-refractivity contribution is 5.84. The second kappa shape index (κ2) is 9.66. The number of carbonyl (C=O) groups excluding carboxylic acids is 1. The van der Waals surface area contributed by atoms with Gasteiger partial charge in [-0.25, -0.2) is 9.59 Å². The molecule has 0 aromatic rings. The summed E-state index contributed by atoms with van der Waals surface area (Å²) < 4.78 is 5.08. The summed E-state index contributed by atoms with van der Waals surface area (Å²) in [5.41, 5.74) is -2.39. The molecule has 22 heavy (non-hydrogen) atoms. The first-order valence-corrected chi connectivity index (χ1v) is 8.02. The van der Waals surface area contributed by atoms with Gasteiger partial charge in [-0.15, -0.1) is 0 Å². The molecule has 0 saturated heterocycles. The zero-order valence-corrected chi connectivity index (χ0v) is 14.3. The van der Waals surface area contributed by atoms with Gasteiger partial charge in [0.25, 0.3) is 0 Å². The van der Waals surface area contributed by atoms with E-state index >= 15 is 0 Å². The van der Waals surface area contributed by atoms with Crippen molar-refractivity contribution in [2.24, 2.45) is 0 Å². The molecule has 6 nitrogen and oxygen atoms in total. The summed E-state index contributed by atoms with van der Waals surface area (Å²) in [5, 5.41) is 21.2. The van der Waals surface area contributed by atoms with Gasteiger partial charge in [0.2, 0.25) is 0 Å². The van der Waals surface area contributed by atoms with E-state index in [4.69, 9.17) is 4.74 Å². The van der Waals surface area contributed by atoms with Gasteiger partial charge >= 0.3 is 12.1 Å². The lowest BCUT2D eigenvalue weighted by atomic mass is 9.92. The Morgan fingerprint density at radius 3 is 2.05 bits per heavy atom. The third-order valence-corrected chi connectivity index (χ3v) is 3.38. The van der Waals surface area contributed by atoms with Crippen LogP contribution in [-0.4, -0.2) is 40.0 Å². The molecule has 0 bridgehead atoms. The van der Waals surface area contributed by atoms with Crippen LogP contribution in [0.5, 0.6) is 0 Å². The minimum atomic E-state index is -1.67. The van der Waals surface area contributed by atoms with E-state index in [1.165, 1.54) is 6.42 Å². The Kier molecular flexibility index (Phi) is 9.09. The summed E-state index contributed by atoms with van der Waals surface area (Å²) in [6.07, 6.45) is 5.34. The number of amides is 1. The Morgan fingerprint density at radius 1 is 1.05 bits per heavy atom. The van der Waals surface area contributed by atoms with Gasteiger partial charge in [0.1, 0.15) is 5.60 Å². The van der Waals surface area contributed by atoms with Crippen LogP contribution in [-0.2, 0) is 9.53 Å². The van der Waals surface area contributed by atoms with E-state index in [9.17, 15) is 19.8 Å². The largest absolute Gasteiger partial charge is 0.479 e. The topological polar surface area (TPSA) is 95.9 Å². The van der Waals surface area contributed by atoms with E-state index in [1.807, 2.05) is 0 Å². The van der Waals surface area contributed by atoms with Crippen molar-refractivity contribution in [2.45, 2.75) is 83.8 Å². The maximum absolute atomic E-state index is 11.8. The summed E-state index contributed by atoms with van der Waals surface area (Å²) in [5.74, 6) is -1.24. The number of aliphatic hydroxyl groups excluding tert-OH is 1. The molecule has 0 radical (unpaired) electrons. The van der Waals surface area contributed by atoms with Crippen molar-refractivity contribution in [2.75, 3.05) is 6.61 Å². The maximum atomic E-state index is 11.8. The summed E-state index contributed by atoms with van der Waals surface area (Å²) in [6, 6.07) is 0. The third kappa shape index (κ3) is 8.22. The fourth-order valence-electron chi connectivity index (χ4n) is 2.12. The molecule has 3 N–H and O–H groups in total. The van der Waals surface area contributed by atoms with Crippen LogP contribution in [0.25, 0.3) is 0 Å². The molecule has 0 heterocycles. The summed E-state index contributed by atoms with van der Waals surface area (Å²) in [6.45, 7) is 6.56. The highest BCUT2D eigenvalue weighted by Gasteiger charge is 2.40. The average Bonchev–Trinajstić information content (AvgIpc) is 2.38. The number of carboxylic acid groups (broad SMARTS) is 1. The molecule has 1 amide bonds. The number of unbranched alkanes of at least 4 members (excludes halogenated alkanes) is 5. The fraction of sp³-hybridized carbons (Fsp3) is 0.875. The smallest absolute Gasteiger partial charge is 0.408 e. The number of nitrogens with one attached hydrogen (secondary N) is 1. The maximum Gasteiger partial charge on any atom is 0.408 e. The Labute approximate surface area is 133 Å². The van der Waals surface area contributed by atoms with Gasteiger partial charge in [0, 0.05) is 0 Å². The highest BCUT2D eigenvalue weighted by atomic mass is 16.6. The molecule has 0 saturated carbocycles. The van der Waals surface area contributed by atoms with Crippen molar-refractivity contribution in [1.82, 2.24) is 5.32 Å². The molecule has 0 spiro atoms. The number of aliphatic carboxylic acids is 1. The predicted octanol–water partition coefficient (Wildman–Crippen LogP) is 3.08. The van der Waals surface area contributed by atoms with E-state index in [0.717, 1.165) is 25.7 Å². The minimum Gasteiger partial charge on any atom is -0.479 e. The zero-order chi connectivity index (χ0) is 17.2. The number of rotatable bonds is 10. The van der Waals surface area contributed by atoms with Gasteiger partial charge in [0.15, 0.2) is 5.54 Å². The molecule has 1 atom stereocenters. The van der Waals surface area contributed by atoms with Crippen molar-refractivity contribution in [1.29, 1.82) is 0 Å². The molecule has 0 unspecified atom stereocenters. The molecule has 0 aliphatic rings. The third-order valence-electron chi connectivity index (χ3n) is 3.38. The second-order valence-corrected chi connectivity index (χ2v) is 6.69. The lowest BCUT2D eigenvalue weighted by Crippen LogP contribution is -2.58.